The highest BCUT2D eigenvalue weighted by atomic mass is 16.7. The number of benzene rings is 1. The smallest absolute Gasteiger partial charge is 0.171 e. The topological polar surface area (TPSA) is 42.5 Å². The van der Waals surface area contributed by atoms with Crippen molar-refractivity contribution in [1.82, 2.24) is 5.32 Å². The first-order valence-corrected chi connectivity index (χ1v) is 6.90. The van der Waals surface area contributed by atoms with Gasteiger partial charge in [-0.2, -0.15) is 0 Å². The second-order valence-electron chi connectivity index (χ2n) is 4.99. The summed E-state index contributed by atoms with van der Waals surface area (Å²) in [5.74, 6) is 0. The standard InChI is InChI=1S/C15H24N2O2/c1-11(15(18-2)19-3)17-10-13-7-4-6-12-8-5-9-16-14(12)13/h4,6-7,11,15-17H,5,8-10H2,1-3H3. The van der Waals surface area contributed by atoms with Crippen LogP contribution in [-0.4, -0.2) is 33.1 Å². The average molecular weight is 264 g/mol. The molecule has 106 valence electrons. The van der Waals surface area contributed by atoms with Gasteiger partial charge in [0.2, 0.25) is 0 Å². The van der Waals surface area contributed by atoms with Crippen LogP contribution in [0.5, 0.6) is 0 Å². The van der Waals surface area contributed by atoms with Crippen LogP contribution in [0.3, 0.4) is 0 Å². The number of para-hydroxylation sites is 1. The van der Waals surface area contributed by atoms with Crippen molar-refractivity contribution >= 4 is 5.69 Å². The van der Waals surface area contributed by atoms with Crippen molar-refractivity contribution in [2.45, 2.75) is 38.6 Å². The highest BCUT2D eigenvalue weighted by molar-refractivity contribution is 5.59. The average Bonchev–Trinajstić information content (AvgIpc) is 2.46. The van der Waals surface area contributed by atoms with Crippen LogP contribution in [-0.2, 0) is 22.4 Å². The predicted molar refractivity (Wildman–Crippen MR) is 77.4 cm³/mol. The maximum atomic E-state index is 5.26. The molecule has 0 bridgehead atoms. The molecule has 1 aromatic rings. The monoisotopic (exact) mass is 264 g/mol. The van der Waals surface area contributed by atoms with Crippen molar-refractivity contribution in [3.63, 3.8) is 0 Å². The summed E-state index contributed by atoms with van der Waals surface area (Å²) < 4.78 is 10.5. The molecule has 1 aliphatic heterocycles. The maximum absolute atomic E-state index is 5.26. The van der Waals surface area contributed by atoms with Crippen molar-refractivity contribution in [1.29, 1.82) is 0 Å². The van der Waals surface area contributed by atoms with Gasteiger partial charge in [0.15, 0.2) is 6.29 Å². The van der Waals surface area contributed by atoms with Gasteiger partial charge in [-0.3, -0.25) is 0 Å². The van der Waals surface area contributed by atoms with Crippen molar-refractivity contribution in [3.8, 4) is 0 Å². The van der Waals surface area contributed by atoms with Crippen molar-refractivity contribution < 1.29 is 9.47 Å². The molecule has 0 amide bonds. The Kier molecular flexibility index (Phi) is 5.19. The van der Waals surface area contributed by atoms with E-state index in [-0.39, 0.29) is 12.3 Å². The van der Waals surface area contributed by atoms with E-state index < -0.39 is 0 Å². The number of hydrogen-bond acceptors (Lipinski definition) is 4. The number of nitrogens with one attached hydrogen (secondary N) is 2. The normalized spacial score (nSPS) is 16.0. The lowest BCUT2D eigenvalue weighted by molar-refractivity contribution is -0.119. The molecule has 2 rings (SSSR count). The molecule has 0 saturated carbocycles. The molecule has 0 spiro atoms. The van der Waals surface area contributed by atoms with Crippen LogP contribution < -0.4 is 10.6 Å². The van der Waals surface area contributed by atoms with Gasteiger partial charge in [-0.1, -0.05) is 18.2 Å². The van der Waals surface area contributed by atoms with Gasteiger partial charge in [-0.05, 0) is 30.9 Å². The van der Waals surface area contributed by atoms with E-state index in [0.717, 1.165) is 13.1 Å². The first-order chi connectivity index (χ1) is 9.26. The van der Waals surface area contributed by atoms with E-state index in [1.54, 1.807) is 14.2 Å². The Morgan fingerprint density at radius 3 is 2.84 bits per heavy atom. The van der Waals surface area contributed by atoms with E-state index in [4.69, 9.17) is 9.47 Å². The highest BCUT2D eigenvalue weighted by Crippen LogP contribution is 2.26. The quantitative estimate of drug-likeness (QED) is 0.773. The second kappa shape index (κ2) is 6.89. The molecular formula is C15H24N2O2. The summed E-state index contributed by atoms with van der Waals surface area (Å²) in [7, 11) is 3.33. The number of rotatable bonds is 6. The molecule has 0 fully saturated rings. The Labute approximate surface area is 115 Å². The molecule has 0 aliphatic carbocycles. The van der Waals surface area contributed by atoms with E-state index >= 15 is 0 Å². The van der Waals surface area contributed by atoms with Crippen LogP contribution in [0.25, 0.3) is 0 Å². The lowest BCUT2D eigenvalue weighted by atomic mass is 9.99. The molecule has 1 aliphatic rings. The molecule has 1 aromatic carbocycles. The molecule has 1 unspecified atom stereocenters. The molecule has 1 heterocycles. The first-order valence-electron chi connectivity index (χ1n) is 6.90. The fourth-order valence-corrected chi connectivity index (χ4v) is 2.60. The Morgan fingerprint density at radius 1 is 1.32 bits per heavy atom. The molecule has 0 saturated heterocycles. The van der Waals surface area contributed by atoms with E-state index in [2.05, 4.69) is 35.8 Å². The Balaban J connectivity index is 2.00. The second-order valence-corrected chi connectivity index (χ2v) is 4.99. The number of aryl methyl sites for hydroxylation is 1. The summed E-state index contributed by atoms with van der Waals surface area (Å²) in [6.07, 6.45) is 2.17. The summed E-state index contributed by atoms with van der Waals surface area (Å²) in [6.45, 7) is 3.96. The third kappa shape index (κ3) is 3.47. The minimum Gasteiger partial charge on any atom is -0.385 e. The van der Waals surface area contributed by atoms with Crippen LogP contribution in [0.15, 0.2) is 18.2 Å². The molecule has 1 atom stereocenters. The van der Waals surface area contributed by atoms with Crippen LogP contribution in [0.4, 0.5) is 5.69 Å². The Hall–Kier alpha value is -1.10. The van der Waals surface area contributed by atoms with Crippen LogP contribution in [0, 0.1) is 0 Å². The minimum absolute atomic E-state index is 0.148. The van der Waals surface area contributed by atoms with Gasteiger partial charge < -0.3 is 20.1 Å². The lowest BCUT2D eigenvalue weighted by Crippen LogP contribution is -2.39. The minimum atomic E-state index is -0.215. The molecule has 0 aromatic heterocycles. The largest absolute Gasteiger partial charge is 0.385 e. The van der Waals surface area contributed by atoms with Crippen molar-refractivity contribution in [3.05, 3.63) is 29.3 Å². The third-order valence-electron chi connectivity index (χ3n) is 3.65. The summed E-state index contributed by atoms with van der Waals surface area (Å²) in [4.78, 5) is 0. The number of anilines is 1. The van der Waals surface area contributed by atoms with Gasteiger partial charge in [-0.25, -0.2) is 0 Å². The molecule has 19 heavy (non-hydrogen) atoms. The van der Waals surface area contributed by atoms with Crippen LogP contribution >= 0.6 is 0 Å². The fraction of sp³-hybridized carbons (Fsp3) is 0.600. The number of hydrogen-bond donors (Lipinski definition) is 2. The zero-order valence-corrected chi connectivity index (χ0v) is 12.0. The molecule has 4 nitrogen and oxygen atoms in total. The molecule has 4 heteroatoms. The van der Waals surface area contributed by atoms with Gasteiger partial charge in [-0.15, -0.1) is 0 Å². The van der Waals surface area contributed by atoms with Gasteiger partial charge in [0.25, 0.3) is 0 Å². The van der Waals surface area contributed by atoms with Crippen molar-refractivity contribution in [2.75, 3.05) is 26.1 Å². The van der Waals surface area contributed by atoms with E-state index in [1.807, 2.05) is 0 Å². The first kappa shape index (κ1) is 14.3. The maximum Gasteiger partial charge on any atom is 0.171 e. The van der Waals surface area contributed by atoms with Gasteiger partial charge in [0, 0.05) is 33.0 Å². The van der Waals surface area contributed by atoms with Gasteiger partial charge in [0.05, 0.1) is 6.04 Å². The van der Waals surface area contributed by atoms with E-state index in [0.29, 0.717) is 0 Å². The SMILES string of the molecule is COC(OC)C(C)NCc1cccc2c1NCCC2. The summed E-state index contributed by atoms with van der Waals surface area (Å²) in [5.41, 5.74) is 4.04. The van der Waals surface area contributed by atoms with Gasteiger partial charge >= 0.3 is 0 Å². The third-order valence-corrected chi connectivity index (χ3v) is 3.65. The number of methoxy groups -OCH3 is 2. The lowest BCUT2D eigenvalue weighted by Gasteiger charge is -2.25. The zero-order valence-electron chi connectivity index (χ0n) is 12.0. The number of ether oxygens (including phenoxy) is 2. The molecule has 2 N–H and O–H groups in total. The Morgan fingerprint density at radius 2 is 2.11 bits per heavy atom. The summed E-state index contributed by atoms with van der Waals surface area (Å²) in [5, 5.41) is 6.97. The summed E-state index contributed by atoms with van der Waals surface area (Å²) >= 11 is 0. The molecule has 0 radical (unpaired) electrons. The summed E-state index contributed by atoms with van der Waals surface area (Å²) in [6, 6.07) is 6.67. The predicted octanol–water partition coefficient (Wildman–Crippen LogP) is 2.14. The molecular weight excluding hydrogens is 240 g/mol. The fourth-order valence-electron chi connectivity index (χ4n) is 2.60. The van der Waals surface area contributed by atoms with E-state index in [1.165, 1.54) is 29.7 Å². The highest BCUT2D eigenvalue weighted by Gasteiger charge is 2.17. The number of fused-ring (bicyclic) bond motifs is 1. The van der Waals surface area contributed by atoms with E-state index in [9.17, 15) is 0 Å². The van der Waals surface area contributed by atoms with Gasteiger partial charge in [0.1, 0.15) is 0 Å². The van der Waals surface area contributed by atoms with Crippen molar-refractivity contribution in [2.24, 2.45) is 0 Å². The van der Waals surface area contributed by atoms with Crippen LogP contribution in [0.2, 0.25) is 0 Å². The Bertz CT molecular complexity index is 405. The zero-order chi connectivity index (χ0) is 13.7. The van der Waals surface area contributed by atoms with Crippen LogP contribution in [0.1, 0.15) is 24.5 Å².